The molecular weight excluding hydrogens is 216 g/mol. The molecule has 0 aromatic rings. The Morgan fingerprint density at radius 2 is 1.25 bits per heavy atom. The Kier molecular flexibility index (Phi) is 6.42. The van der Waals surface area contributed by atoms with Crippen LogP contribution in [0.5, 0.6) is 0 Å². The molecule has 0 spiro atoms. The molecule has 0 aromatic carbocycles. The number of ether oxygens (including phenoxy) is 2. The van der Waals surface area contributed by atoms with Gasteiger partial charge in [-0.25, -0.2) is 9.59 Å². The lowest BCUT2D eigenvalue weighted by molar-refractivity contribution is -0.133. The van der Waals surface area contributed by atoms with E-state index in [2.05, 4.69) is 0 Å². The number of hydrogen-bond acceptors (Lipinski definition) is 4. The molecule has 0 bridgehead atoms. The molecule has 90 valence electrons. The van der Waals surface area contributed by atoms with Crippen molar-refractivity contribution in [2.45, 2.75) is 13.8 Å². The zero-order chi connectivity index (χ0) is 12.6. The third kappa shape index (κ3) is 6.47. The monoisotopic (exact) mass is 230 g/mol. The molecule has 2 N–H and O–H groups in total. The van der Waals surface area contributed by atoms with E-state index in [1.165, 1.54) is 13.8 Å². The number of hydrogen-bond donors (Lipinski definition) is 2. The van der Waals surface area contributed by atoms with Crippen LogP contribution < -0.4 is 0 Å². The van der Waals surface area contributed by atoms with Gasteiger partial charge < -0.3 is 19.7 Å². The lowest BCUT2D eigenvalue weighted by Crippen LogP contribution is -2.02. The van der Waals surface area contributed by atoms with Gasteiger partial charge in [0, 0.05) is 0 Å². The van der Waals surface area contributed by atoms with E-state index in [-0.39, 0.29) is 24.4 Å². The van der Waals surface area contributed by atoms with Crippen molar-refractivity contribution in [2.24, 2.45) is 0 Å². The van der Waals surface area contributed by atoms with Gasteiger partial charge in [-0.15, -0.1) is 0 Å². The first-order valence-corrected chi connectivity index (χ1v) is 4.48. The van der Waals surface area contributed by atoms with Crippen molar-refractivity contribution in [3.8, 4) is 0 Å². The fraction of sp³-hybridized carbons (Fsp3) is 0.400. The Bertz CT molecular complexity index is 283. The maximum absolute atomic E-state index is 10.3. The van der Waals surface area contributed by atoms with Crippen LogP contribution >= 0.6 is 0 Å². The fourth-order valence-electron chi connectivity index (χ4n) is 0.565. The molecule has 0 heterocycles. The molecule has 0 aromatic heterocycles. The number of carboxylic acid groups (broad SMARTS) is 2. The molecule has 0 amide bonds. The second-order valence-electron chi connectivity index (χ2n) is 2.95. The minimum absolute atomic E-state index is 0.0808. The van der Waals surface area contributed by atoms with Crippen molar-refractivity contribution in [1.82, 2.24) is 0 Å². The van der Waals surface area contributed by atoms with Crippen molar-refractivity contribution in [3.63, 3.8) is 0 Å². The van der Waals surface area contributed by atoms with E-state index in [0.29, 0.717) is 0 Å². The SMILES string of the molecule is CC(=COCCOC=C(C)C(=O)O)C(=O)O. The summed E-state index contributed by atoms with van der Waals surface area (Å²) in [6, 6.07) is 0. The van der Waals surface area contributed by atoms with Crippen LogP contribution in [-0.2, 0) is 19.1 Å². The van der Waals surface area contributed by atoms with Crippen molar-refractivity contribution in [2.75, 3.05) is 13.2 Å². The number of aliphatic carboxylic acids is 2. The van der Waals surface area contributed by atoms with Gasteiger partial charge in [-0.2, -0.15) is 0 Å². The molecule has 0 unspecified atom stereocenters. The standard InChI is InChI=1S/C10H14O6/c1-7(9(11)12)5-15-3-4-16-6-8(2)10(13)14/h5-6H,3-4H2,1-2H3,(H,11,12)(H,13,14). The van der Waals surface area contributed by atoms with Crippen LogP contribution in [0, 0.1) is 0 Å². The lowest BCUT2D eigenvalue weighted by atomic mass is 10.3. The van der Waals surface area contributed by atoms with Crippen LogP contribution in [0.1, 0.15) is 13.8 Å². The highest BCUT2D eigenvalue weighted by Gasteiger charge is 2.00. The largest absolute Gasteiger partial charge is 0.497 e. The molecule has 6 heteroatoms. The predicted octanol–water partition coefficient (Wildman–Crippen LogP) is 0.996. The molecule has 0 aliphatic rings. The average Bonchev–Trinajstić information content (AvgIpc) is 2.21. The van der Waals surface area contributed by atoms with Crippen molar-refractivity contribution in [3.05, 3.63) is 23.7 Å². The second kappa shape index (κ2) is 7.33. The zero-order valence-electron chi connectivity index (χ0n) is 9.10. The van der Waals surface area contributed by atoms with E-state index in [0.717, 1.165) is 12.5 Å². The van der Waals surface area contributed by atoms with E-state index in [9.17, 15) is 9.59 Å². The normalized spacial score (nSPS) is 12.1. The Balaban J connectivity index is 3.70. The quantitative estimate of drug-likeness (QED) is 0.385. The summed E-state index contributed by atoms with van der Waals surface area (Å²) in [6.45, 7) is 3.09. The van der Waals surface area contributed by atoms with Gasteiger partial charge >= 0.3 is 11.9 Å². The Morgan fingerprint density at radius 3 is 1.50 bits per heavy atom. The summed E-state index contributed by atoms with van der Waals surface area (Å²) in [5, 5.41) is 16.9. The first-order chi connectivity index (χ1) is 7.45. The van der Waals surface area contributed by atoms with Gasteiger partial charge in [0.05, 0.1) is 23.7 Å². The molecule has 0 atom stereocenters. The van der Waals surface area contributed by atoms with Crippen LogP contribution in [0.2, 0.25) is 0 Å². The van der Waals surface area contributed by atoms with Gasteiger partial charge in [-0.3, -0.25) is 0 Å². The fourth-order valence-corrected chi connectivity index (χ4v) is 0.565. The van der Waals surface area contributed by atoms with E-state index >= 15 is 0 Å². The second-order valence-corrected chi connectivity index (χ2v) is 2.95. The minimum atomic E-state index is -1.05. The maximum Gasteiger partial charge on any atom is 0.334 e. The Morgan fingerprint density at radius 1 is 0.938 bits per heavy atom. The van der Waals surface area contributed by atoms with Crippen LogP contribution in [0.15, 0.2) is 23.7 Å². The molecule has 6 nitrogen and oxygen atoms in total. The average molecular weight is 230 g/mol. The van der Waals surface area contributed by atoms with Crippen molar-refractivity contribution in [1.29, 1.82) is 0 Å². The molecule has 16 heavy (non-hydrogen) atoms. The van der Waals surface area contributed by atoms with Gasteiger partial charge in [-0.1, -0.05) is 0 Å². The molecule has 0 radical (unpaired) electrons. The number of rotatable bonds is 7. The van der Waals surface area contributed by atoms with Crippen LogP contribution in [0.25, 0.3) is 0 Å². The minimum Gasteiger partial charge on any atom is -0.497 e. The highest BCUT2D eigenvalue weighted by molar-refractivity contribution is 5.85. The smallest absolute Gasteiger partial charge is 0.334 e. The van der Waals surface area contributed by atoms with Gasteiger partial charge in [0.1, 0.15) is 13.2 Å². The van der Waals surface area contributed by atoms with Gasteiger partial charge in [-0.05, 0) is 13.8 Å². The first kappa shape index (κ1) is 14.0. The summed E-state index contributed by atoms with van der Waals surface area (Å²) >= 11 is 0. The summed E-state index contributed by atoms with van der Waals surface area (Å²) in [6.07, 6.45) is 2.22. The van der Waals surface area contributed by atoms with Crippen molar-refractivity contribution < 1.29 is 29.3 Å². The highest BCUT2D eigenvalue weighted by atomic mass is 16.5. The summed E-state index contributed by atoms with van der Waals surface area (Å²) in [7, 11) is 0. The summed E-state index contributed by atoms with van der Waals surface area (Å²) in [5.74, 6) is -2.11. The number of carboxylic acids is 2. The molecule has 0 saturated carbocycles. The lowest BCUT2D eigenvalue weighted by Gasteiger charge is -2.02. The van der Waals surface area contributed by atoms with E-state index < -0.39 is 11.9 Å². The van der Waals surface area contributed by atoms with Crippen molar-refractivity contribution >= 4 is 11.9 Å². The third-order valence-corrected chi connectivity index (χ3v) is 1.51. The molecule has 0 saturated heterocycles. The van der Waals surface area contributed by atoms with Gasteiger partial charge in [0.15, 0.2) is 0 Å². The molecule has 0 aliphatic heterocycles. The molecule has 0 fully saturated rings. The molecule has 0 aliphatic carbocycles. The molecular formula is C10H14O6. The Labute approximate surface area is 92.8 Å². The summed E-state index contributed by atoms with van der Waals surface area (Å²) in [5.41, 5.74) is 0.162. The van der Waals surface area contributed by atoms with Crippen LogP contribution in [0.4, 0.5) is 0 Å². The van der Waals surface area contributed by atoms with E-state index in [4.69, 9.17) is 19.7 Å². The van der Waals surface area contributed by atoms with Crippen LogP contribution in [-0.4, -0.2) is 35.4 Å². The summed E-state index contributed by atoms with van der Waals surface area (Å²) < 4.78 is 9.71. The maximum atomic E-state index is 10.3. The Hall–Kier alpha value is -1.98. The predicted molar refractivity (Wildman–Crippen MR) is 54.7 cm³/mol. The van der Waals surface area contributed by atoms with Crippen LogP contribution in [0.3, 0.4) is 0 Å². The summed E-state index contributed by atoms with van der Waals surface area (Å²) in [4.78, 5) is 20.7. The van der Waals surface area contributed by atoms with Gasteiger partial charge in [0.2, 0.25) is 0 Å². The third-order valence-electron chi connectivity index (χ3n) is 1.51. The molecule has 0 rings (SSSR count). The first-order valence-electron chi connectivity index (χ1n) is 4.48. The highest BCUT2D eigenvalue weighted by Crippen LogP contribution is 1.94. The number of carbonyl (C=O) groups is 2. The van der Waals surface area contributed by atoms with E-state index in [1.54, 1.807) is 0 Å². The van der Waals surface area contributed by atoms with E-state index in [1.807, 2.05) is 0 Å². The van der Waals surface area contributed by atoms with Gasteiger partial charge in [0.25, 0.3) is 0 Å². The zero-order valence-corrected chi connectivity index (χ0v) is 9.10. The topological polar surface area (TPSA) is 93.1 Å².